The SMILES string of the molecule is O=C(O)C1CN(C(=O)c2ccc3cn[nH]c3c2)C1. The van der Waals surface area contributed by atoms with Crippen LogP contribution in [0, 0.1) is 5.92 Å². The molecule has 6 heteroatoms. The molecule has 6 nitrogen and oxygen atoms in total. The molecule has 2 heterocycles. The molecule has 92 valence electrons. The van der Waals surface area contributed by atoms with Gasteiger partial charge in [0, 0.05) is 24.0 Å². The van der Waals surface area contributed by atoms with Crippen LogP contribution in [0.25, 0.3) is 10.9 Å². The van der Waals surface area contributed by atoms with Gasteiger partial charge in [-0.3, -0.25) is 14.7 Å². The van der Waals surface area contributed by atoms with Crippen molar-refractivity contribution in [1.82, 2.24) is 15.1 Å². The lowest BCUT2D eigenvalue weighted by atomic mass is 9.99. The van der Waals surface area contributed by atoms with E-state index in [9.17, 15) is 9.59 Å². The number of rotatable bonds is 2. The van der Waals surface area contributed by atoms with E-state index in [1.54, 1.807) is 18.3 Å². The first-order valence-corrected chi connectivity index (χ1v) is 5.60. The first-order chi connectivity index (χ1) is 8.65. The van der Waals surface area contributed by atoms with Gasteiger partial charge in [0.2, 0.25) is 0 Å². The van der Waals surface area contributed by atoms with Crippen LogP contribution in [-0.2, 0) is 4.79 Å². The number of carbonyl (C=O) groups is 2. The van der Waals surface area contributed by atoms with Gasteiger partial charge in [0.1, 0.15) is 0 Å². The molecule has 0 aliphatic carbocycles. The summed E-state index contributed by atoms with van der Waals surface area (Å²) in [5.41, 5.74) is 1.35. The average Bonchev–Trinajstić information content (AvgIpc) is 2.72. The van der Waals surface area contributed by atoms with E-state index in [2.05, 4.69) is 10.2 Å². The molecule has 1 aromatic heterocycles. The molecule has 0 saturated carbocycles. The van der Waals surface area contributed by atoms with Crippen LogP contribution in [0.15, 0.2) is 24.4 Å². The Labute approximate surface area is 102 Å². The Morgan fingerprint density at radius 3 is 2.89 bits per heavy atom. The number of aromatic amines is 1. The van der Waals surface area contributed by atoms with Crippen molar-refractivity contribution in [3.8, 4) is 0 Å². The minimum atomic E-state index is -0.844. The summed E-state index contributed by atoms with van der Waals surface area (Å²) in [6.07, 6.45) is 1.69. The molecule has 1 aromatic carbocycles. The smallest absolute Gasteiger partial charge is 0.310 e. The number of carboxylic acid groups (broad SMARTS) is 1. The van der Waals surface area contributed by atoms with Gasteiger partial charge >= 0.3 is 5.97 Å². The number of benzene rings is 1. The monoisotopic (exact) mass is 245 g/mol. The highest BCUT2D eigenvalue weighted by atomic mass is 16.4. The van der Waals surface area contributed by atoms with Crippen molar-refractivity contribution < 1.29 is 14.7 Å². The number of hydrogen-bond acceptors (Lipinski definition) is 3. The van der Waals surface area contributed by atoms with Gasteiger partial charge in [0.15, 0.2) is 0 Å². The fourth-order valence-corrected chi connectivity index (χ4v) is 2.05. The van der Waals surface area contributed by atoms with E-state index < -0.39 is 11.9 Å². The normalized spacial score (nSPS) is 15.7. The van der Waals surface area contributed by atoms with Gasteiger partial charge in [-0.25, -0.2) is 0 Å². The Bertz CT molecular complexity index is 628. The van der Waals surface area contributed by atoms with Gasteiger partial charge in [-0.2, -0.15) is 5.10 Å². The number of nitrogens with zero attached hydrogens (tertiary/aromatic N) is 2. The van der Waals surface area contributed by atoms with Gasteiger partial charge in [-0.1, -0.05) is 6.07 Å². The van der Waals surface area contributed by atoms with Gasteiger partial charge in [0.05, 0.1) is 17.6 Å². The maximum atomic E-state index is 12.1. The highest BCUT2D eigenvalue weighted by Gasteiger charge is 2.35. The van der Waals surface area contributed by atoms with E-state index in [0.717, 1.165) is 10.9 Å². The molecule has 1 aliphatic rings. The summed E-state index contributed by atoms with van der Waals surface area (Å²) in [5.74, 6) is -1.41. The van der Waals surface area contributed by atoms with Crippen LogP contribution < -0.4 is 0 Å². The van der Waals surface area contributed by atoms with Crippen molar-refractivity contribution in [2.75, 3.05) is 13.1 Å². The van der Waals surface area contributed by atoms with Crippen molar-refractivity contribution >= 4 is 22.8 Å². The summed E-state index contributed by atoms with van der Waals surface area (Å²) in [6.45, 7) is 0.574. The highest BCUT2D eigenvalue weighted by molar-refractivity contribution is 5.98. The molecule has 1 aliphatic heterocycles. The highest BCUT2D eigenvalue weighted by Crippen LogP contribution is 2.20. The third-order valence-electron chi connectivity index (χ3n) is 3.21. The number of hydrogen-bond donors (Lipinski definition) is 2. The summed E-state index contributed by atoms with van der Waals surface area (Å²) < 4.78 is 0. The van der Waals surface area contributed by atoms with Crippen LogP contribution in [0.3, 0.4) is 0 Å². The molecule has 1 amide bonds. The Hall–Kier alpha value is -2.37. The Morgan fingerprint density at radius 2 is 2.17 bits per heavy atom. The maximum Gasteiger partial charge on any atom is 0.310 e. The molecule has 1 fully saturated rings. The van der Waals surface area contributed by atoms with E-state index in [1.165, 1.54) is 4.90 Å². The van der Waals surface area contributed by atoms with E-state index in [1.807, 2.05) is 6.07 Å². The summed E-state index contributed by atoms with van der Waals surface area (Å²) in [7, 11) is 0. The zero-order valence-corrected chi connectivity index (χ0v) is 9.46. The van der Waals surface area contributed by atoms with E-state index in [0.29, 0.717) is 5.56 Å². The molecule has 0 bridgehead atoms. The second-order valence-corrected chi connectivity index (χ2v) is 4.42. The van der Waals surface area contributed by atoms with Crippen LogP contribution >= 0.6 is 0 Å². The number of fused-ring (bicyclic) bond motifs is 1. The van der Waals surface area contributed by atoms with Crippen LogP contribution in [0.1, 0.15) is 10.4 Å². The average molecular weight is 245 g/mol. The molecule has 1 saturated heterocycles. The Morgan fingerprint density at radius 1 is 1.39 bits per heavy atom. The summed E-state index contributed by atoms with van der Waals surface area (Å²) in [5, 5.41) is 16.4. The lowest BCUT2D eigenvalue weighted by molar-refractivity contribution is -0.146. The van der Waals surface area contributed by atoms with Crippen LogP contribution in [-0.4, -0.2) is 45.2 Å². The zero-order valence-electron chi connectivity index (χ0n) is 9.46. The minimum Gasteiger partial charge on any atom is -0.481 e. The number of carboxylic acids is 1. The summed E-state index contributed by atoms with van der Waals surface area (Å²) in [4.78, 5) is 24.3. The fraction of sp³-hybridized carbons (Fsp3) is 0.250. The number of aromatic nitrogens is 2. The first-order valence-electron chi connectivity index (χ1n) is 5.60. The second kappa shape index (κ2) is 3.83. The molecule has 0 atom stereocenters. The van der Waals surface area contributed by atoms with Crippen LogP contribution in [0.2, 0.25) is 0 Å². The quantitative estimate of drug-likeness (QED) is 0.816. The molecule has 0 spiro atoms. The minimum absolute atomic E-state index is 0.135. The van der Waals surface area contributed by atoms with Crippen LogP contribution in [0.5, 0.6) is 0 Å². The zero-order chi connectivity index (χ0) is 12.7. The largest absolute Gasteiger partial charge is 0.481 e. The van der Waals surface area contributed by atoms with E-state index >= 15 is 0 Å². The lowest BCUT2D eigenvalue weighted by Gasteiger charge is -2.36. The maximum absolute atomic E-state index is 12.1. The molecular weight excluding hydrogens is 234 g/mol. The predicted octanol–water partition coefficient (Wildman–Crippen LogP) is 0.720. The van der Waals surface area contributed by atoms with E-state index in [-0.39, 0.29) is 19.0 Å². The van der Waals surface area contributed by atoms with Crippen LogP contribution in [0.4, 0.5) is 0 Å². The standard InChI is InChI=1S/C12H11N3O3/c16-11(15-5-9(6-15)12(17)18)7-1-2-8-4-13-14-10(8)3-7/h1-4,9H,5-6H2,(H,13,14)(H,17,18). The molecule has 0 radical (unpaired) electrons. The molecule has 2 aromatic rings. The molecular formula is C12H11N3O3. The lowest BCUT2D eigenvalue weighted by Crippen LogP contribution is -2.53. The predicted molar refractivity (Wildman–Crippen MR) is 63.1 cm³/mol. The third kappa shape index (κ3) is 1.62. The van der Waals surface area contributed by atoms with Gasteiger partial charge in [-0.05, 0) is 12.1 Å². The Kier molecular flexibility index (Phi) is 2.29. The number of nitrogens with one attached hydrogen (secondary N) is 1. The van der Waals surface area contributed by atoms with Crippen molar-refractivity contribution in [2.24, 2.45) is 5.92 Å². The fourth-order valence-electron chi connectivity index (χ4n) is 2.05. The summed E-state index contributed by atoms with van der Waals surface area (Å²) >= 11 is 0. The van der Waals surface area contributed by atoms with Crippen molar-refractivity contribution in [3.63, 3.8) is 0 Å². The topological polar surface area (TPSA) is 86.3 Å². The second-order valence-electron chi connectivity index (χ2n) is 4.42. The number of likely N-dealkylation sites (tertiary alicyclic amines) is 1. The van der Waals surface area contributed by atoms with E-state index in [4.69, 9.17) is 5.11 Å². The number of amides is 1. The number of carbonyl (C=O) groups excluding carboxylic acids is 1. The number of H-pyrrole nitrogens is 1. The van der Waals surface area contributed by atoms with Crippen molar-refractivity contribution in [3.05, 3.63) is 30.0 Å². The Balaban J connectivity index is 1.78. The van der Waals surface area contributed by atoms with Gasteiger partial charge in [0.25, 0.3) is 5.91 Å². The van der Waals surface area contributed by atoms with Gasteiger partial charge in [-0.15, -0.1) is 0 Å². The molecule has 0 unspecified atom stereocenters. The third-order valence-corrected chi connectivity index (χ3v) is 3.21. The number of aliphatic carboxylic acids is 1. The molecule has 2 N–H and O–H groups in total. The molecule has 18 heavy (non-hydrogen) atoms. The first kappa shape index (κ1) is 10.8. The van der Waals surface area contributed by atoms with Gasteiger partial charge < -0.3 is 10.0 Å². The molecule has 3 rings (SSSR count). The van der Waals surface area contributed by atoms with Crippen molar-refractivity contribution in [1.29, 1.82) is 0 Å². The summed E-state index contributed by atoms with van der Waals surface area (Å²) in [6, 6.07) is 5.29. The van der Waals surface area contributed by atoms with Crippen molar-refractivity contribution in [2.45, 2.75) is 0 Å².